The van der Waals surface area contributed by atoms with E-state index in [2.05, 4.69) is 28.1 Å². The molecule has 23 heavy (non-hydrogen) atoms. The average Bonchev–Trinajstić information content (AvgIpc) is 2.48. The highest BCUT2D eigenvalue weighted by Crippen LogP contribution is 2.13. The first-order chi connectivity index (χ1) is 10.6. The number of nitrogens with zero attached hydrogens (tertiary/aromatic N) is 1. The first-order valence-corrected chi connectivity index (χ1v) is 10.2. The van der Waals surface area contributed by atoms with E-state index in [1.54, 1.807) is 0 Å². The van der Waals surface area contributed by atoms with Gasteiger partial charge in [0.05, 0.1) is 27.7 Å². The summed E-state index contributed by atoms with van der Waals surface area (Å²) in [4.78, 5) is 0. The van der Waals surface area contributed by atoms with Crippen LogP contribution >= 0.6 is 0 Å². The Morgan fingerprint density at radius 2 is 0.826 bits per heavy atom. The minimum Gasteiger partial charge on any atom is -1.00 e. The van der Waals surface area contributed by atoms with Gasteiger partial charge in [-0.25, -0.2) is 0 Å². The molecule has 0 bridgehead atoms. The largest absolute Gasteiger partial charge is 1.00 e. The van der Waals surface area contributed by atoms with E-state index in [4.69, 9.17) is 4.46 Å². The molecule has 0 aromatic rings. The molecule has 0 atom stereocenters. The summed E-state index contributed by atoms with van der Waals surface area (Å²) in [6, 6.07) is 0. The molecule has 0 aliphatic carbocycles. The van der Waals surface area contributed by atoms with Crippen molar-refractivity contribution in [3.05, 3.63) is 0 Å². The van der Waals surface area contributed by atoms with Crippen LogP contribution < -0.4 is 17.0 Å². The van der Waals surface area contributed by atoms with Crippen LogP contribution in [0.5, 0.6) is 0 Å². The molecule has 0 aliphatic heterocycles. The standard InChI is InChI=1S/C19H42N.BrH.H2OSi/c1-5-6-7-8-9-10-11-12-13-14-15-16-17-18-19-20(2,3)4;;1-2/h5-19H2,1-4H3;1H;2H2/q+1;;/p-1. The van der Waals surface area contributed by atoms with Crippen LogP contribution in [0.1, 0.15) is 96.8 Å². The van der Waals surface area contributed by atoms with Gasteiger partial charge in [-0.05, 0) is 12.8 Å². The number of hydrogen-bond acceptors (Lipinski definition) is 1. The second-order valence-electron chi connectivity index (χ2n) is 7.61. The van der Waals surface area contributed by atoms with E-state index in [0.29, 0.717) is 10.1 Å². The fourth-order valence-corrected chi connectivity index (χ4v) is 2.78. The van der Waals surface area contributed by atoms with Gasteiger partial charge < -0.3 is 25.9 Å². The summed E-state index contributed by atoms with van der Waals surface area (Å²) in [5, 5.41) is 0. The van der Waals surface area contributed by atoms with Crippen molar-refractivity contribution in [1.82, 2.24) is 0 Å². The number of unbranched alkanes of at least 4 members (excludes halogenated alkanes) is 13. The van der Waals surface area contributed by atoms with E-state index < -0.39 is 0 Å². The lowest BCUT2D eigenvalue weighted by atomic mass is 10.0. The maximum atomic E-state index is 8.28. The van der Waals surface area contributed by atoms with Gasteiger partial charge in [-0.15, -0.1) is 0 Å². The van der Waals surface area contributed by atoms with E-state index in [9.17, 15) is 0 Å². The second kappa shape index (κ2) is 22.5. The van der Waals surface area contributed by atoms with Gasteiger partial charge in [0.25, 0.3) is 0 Å². The zero-order valence-electron chi connectivity index (χ0n) is 16.5. The zero-order chi connectivity index (χ0) is 17.1. The number of hydrogen-bond donors (Lipinski definition) is 0. The summed E-state index contributed by atoms with van der Waals surface area (Å²) in [5.74, 6) is 0. The molecule has 4 heteroatoms. The molecule has 0 rings (SSSR count). The first kappa shape index (κ1) is 28.3. The SMILES string of the molecule is CCCCCCCCCCCCCCCC[N+](C)(C)C.O=[SiH2].[Br-]. The molecule has 0 spiro atoms. The molecule has 2 nitrogen and oxygen atoms in total. The Labute approximate surface area is 160 Å². The van der Waals surface area contributed by atoms with E-state index in [1.807, 2.05) is 0 Å². The summed E-state index contributed by atoms with van der Waals surface area (Å²) in [5.41, 5.74) is 0. The van der Waals surface area contributed by atoms with Gasteiger partial charge in [-0.2, -0.15) is 0 Å². The smallest absolute Gasteiger partial charge is 0.245 e. The van der Waals surface area contributed by atoms with Crippen molar-refractivity contribution >= 4 is 10.1 Å². The minimum absolute atomic E-state index is 0. The average molecular weight is 411 g/mol. The van der Waals surface area contributed by atoms with Gasteiger partial charge in [-0.3, -0.25) is 0 Å². The van der Waals surface area contributed by atoms with E-state index in [-0.39, 0.29) is 17.0 Å². The van der Waals surface area contributed by atoms with Gasteiger partial charge in [-0.1, -0.05) is 84.0 Å². The topological polar surface area (TPSA) is 17.1 Å². The van der Waals surface area contributed by atoms with Crippen molar-refractivity contribution in [3.8, 4) is 0 Å². The molecule has 0 radical (unpaired) electrons. The third-order valence-corrected chi connectivity index (χ3v) is 4.18. The maximum absolute atomic E-state index is 8.28. The molecule has 0 amide bonds. The Morgan fingerprint density at radius 1 is 0.565 bits per heavy atom. The highest BCUT2D eigenvalue weighted by molar-refractivity contribution is 5.85. The molecule has 0 saturated heterocycles. The highest BCUT2D eigenvalue weighted by Gasteiger charge is 2.04. The van der Waals surface area contributed by atoms with Gasteiger partial charge in [0.1, 0.15) is 0 Å². The Bertz CT molecular complexity index is 210. The molecule has 0 aliphatic rings. The third-order valence-electron chi connectivity index (χ3n) is 4.18. The van der Waals surface area contributed by atoms with E-state index in [1.165, 1.54) is 96.4 Å². The predicted molar refractivity (Wildman–Crippen MR) is 102 cm³/mol. The van der Waals surface area contributed by atoms with Crippen LogP contribution in [0.3, 0.4) is 0 Å². The maximum Gasteiger partial charge on any atom is 0.245 e. The van der Waals surface area contributed by atoms with Crippen LogP contribution in [0.15, 0.2) is 0 Å². The van der Waals surface area contributed by atoms with E-state index >= 15 is 0 Å². The van der Waals surface area contributed by atoms with Crippen molar-refractivity contribution in [3.63, 3.8) is 0 Å². The highest BCUT2D eigenvalue weighted by atomic mass is 79.9. The molecular formula is C19H44BrNOSi. The Balaban J connectivity index is -0.00000128. The summed E-state index contributed by atoms with van der Waals surface area (Å²) in [6.07, 6.45) is 20.4. The quantitative estimate of drug-likeness (QED) is 0.230. The predicted octanol–water partition coefficient (Wildman–Crippen LogP) is 2.14. The monoisotopic (exact) mass is 409 g/mol. The van der Waals surface area contributed by atoms with Crippen LogP contribution in [0.2, 0.25) is 0 Å². The van der Waals surface area contributed by atoms with Crippen molar-refractivity contribution in [2.75, 3.05) is 27.7 Å². The third kappa shape index (κ3) is 30.8. The summed E-state index contributed by atoms with van der Waals surface area (Å²) in [7, 11) is 7.49. The molecule has 0 aromatic heterocycles. The van der Waals surface area contributed by atoms with E-state index in [0.717, 1.165) is 4.48 Å². The summed E-state index contributed by atoms with van der Waals surface area (Å²) >= 11 is 0. The van der Waals surface area contributed by atoms with Crippen LogP contribution in [0, 0.1) is 0 Å². The van der Waals surface area contributed by atoms with Gasteiger partial charge in [0, 0.05) is 0 Å². The fourth-order valence-electron chi connectivity index (χ4n) is 2.78. The normalized spacial score (nSPS) is 10.6. The van der Waals surface area contributed by atoms with Crippen LogP contribution in [0.25, 0.3) is 0 Å². The van der Waals surface area contributed by atoms with Crippen LogP contribution in [-0.4, -0.2) is 42.3 Å². The van der Waals surface area contributed by atoms with Gasteiger partial charge in [0.15, 0.2) is 0 Å². The van der Waals surface area contributed by atoms with Crippen molar-refractivity contribution < 1.29 is 25.9 Å². The van der Waals surface area contributed by atoms with Crippen molar-refractivity contribution in [2.24, 2.45) is 0 Å². The fraction of sp³-hybridized carbons (Fsp3) is 1.00. The zero-order valence-corrected chi connectivity index (χ0v) is 19.5. The molecule has 0 saturated carbocycles. The summed E-state index contributed by atoms with van der Waals surface area (Å²) < 4.78 is 9.40. The molecular weight excluding hydrogens is 366 g/mol. The number of halogens is 1. The Hall–Kier alpha value is 0.457. The minimum atomic E-state index is 0. The van der Waals surface area contributed by atoms with Crippen molar-refractivity contribution in [1.29, 1.82) is 0 Å². The van der Waals surface area contributed by atoms with Gasteiger partial charge >= 0.3 is 0 Å². The Kier molecular flexibility index (Phi) is 27.6. The lowest BCUT2D eigenvalue weighted by molar-refractivity contribution is -0.870. The number of quaternary nitrogens is 1. The molecule has 0 heterocycles. The molecule has 0 N–H and O–H groups in total. The molecule has 0 aromatic carbocycles. The molecule has 0 fully saturated rings. The van der Waals surface area contributed by atoms with Gasteiger partial charge in [0.2, 0.25) is 10.1 Å². The second-order valence-corrected chi connectivity index (χ2v) is 7.61. The number of rotatable bonds is 15. The summed E-state index contributed by atoms with van der Waals surface area (Å²) in [6.45, 7) is 3.63. The Morgan fingerprint density at radius 3 is 1.09 bits per heavy atom. The molecule has 142 valence electrons. The lowest BCUT2D eigenvalue weighted by Crippen LogP contribution is -3.00. The first-order valence-electron chi connectivity index (χ1n) is 9.65. The van der Waals surface area contributed by atoms with Crippen LogP contribution in [0.4, 0.5) is 0 Å². The lowest BCUT2D eigenvalue weighted by Gasteiger charge is -2.23. The molecule has 0 unspecified atom stereocenters. The van der Waals surface area contributed by atoms with Crippen molar-refractivity contribution in [2.45, 2.75) is 96.8 Å². The van der Waals surface area contributed by atoms with Crippen LogP contribution in [-0.2, 0) is 4.46 Å².